The summed E-state index contributed by atoms with van der Waals surface area (Å²) < 4.78 is 7.06. The van der Waals surface area contributed by atoms with Crippen LogP contribution in [0.2, 0.25) is 0 Å². The first-order valence-electron chi connectivity index (χ1n) is 10.9. The van der Waals surface area contributed by atoms with Gasteiger partial charge in [-0.15, -0.1) is 10.2 Å². The number of amides is 1. The van der Waals surface area contributed by atoms with Crippen LogP contribution in [0.4, 0.5) is 5.13 Å². The molecule has 3 aromatic heterocycles. The summed E-state index contributed by atoms with van der Waals surface area (Å²) >= 11 is 2.72. The van der Waals surface area contributed by atoms with Crippen molar-refractivity contribution in [1.29, 1.82) is 5.26 Å². The van der Waals surface area contributed by atoms with Gasteiger partial charge in [-0.05, 0) is 43.0 Å². The van der Waals surface area contributed by atoms with Crippen molar-refractivity contribution in [2.75, 3.05) is 5.32 Å². The maximum absolute atomic E-state index is 12.5. The molecular formula is C23H19N7O3S2. The van der Waals surface area contributed by atoms with Gasteiger partial charge in [-0.1, -0.05) is 41.7 Å². The molecule has 1 aromatic carbocycles. The zero-order chi connectivity index (χ0) is 24.4. The van der Waals surface area contributed by atoms with E-state index in [2.05, 4.69) is 25.6 Å². The summed E-state index contributed by atoms with van der Waals surface area (Å²) in [6, 6.07) is 10.2. The second kappa shape index (κ2) is 9.73. The molecule has 0 bridgehead atoms. The summed E-state index contributed by atoms with van der Waals surface area (Å²) in [4.78, 5) is 29.7. The molecule has 35 heavy (non-hydrogen) atoms. The van der Waals surface area contributed by atoms with Crippen LogP contribution in [-0.4, -0.2) is 30.7 Å². The van der Waals surface area contributed by atoms with E-state index < -0.39 is 5.91 Å². The average molecular weight is 506 g/mol. The number of benzene rings is 1. The lowest BCUT2D eigenvalue weighted by Gasteiger charge is -2.06. The van der Waals surface area contributed by atoms with Crippen LogP contribution < -0.4 is 15.6 Å². The summed E-state index contributed by atoms with van der Waals surface area (Å²) in [5, 5.41) is 26.5. The van der Waals surface area contributed by atoms with Gasteiger partial charge in [-0.3, -0.25) is 14.9 Å². The summed E-state index contributed by atoms with van der Waals surface area (Å²) in [7, 11) is 0. The van der Waals surface area contributed by atoms with Crippen molar-refractivity contribution < 1.29 is 9.53 Å². The average Bonchev–Trinajstić information content (AvgIpc) is 3.46. The molecule has 1 fully saturated rings. The predicted octanol–water partition coefficient (Wildman–Crippen LogP) is 3.57. The Morgan fingerprint density at radius 2 is 2.09 bits per heavy atom. The molecule has 0 radical (unpaired) electrons. The molecule has 10 nitrogen and oxygen atoms in total. The fourth-order valence-corrected chi connectivity index (χ4v) is 4.96. The smallest absolute Gasteiger partial charge is 0.275 e. The first-order valence-corrected chi connectivity index (χ1v) is 12.5. The van der Waals surface area contributed by atoms with Gasteiger partial charge in [-0.2, -0.15) is 14.9 Å². The number of fused-ring (bicyclic) bond motifs is 1. The summed E-state index contributed by atoms with van der Waals surface area (Å²) in [6.45, 7) is 2.09. The number of aryl methyl sites for hydroxylation is 1. The fourth-order valence-electron chi connectivity index (χ4n) is 3.19. The number of hydrogen-bond acceptors (Lipinski definition) is 10. The van der Waals surface area contributed by atoms with E-state index >= 15 is 0 Å². The highest BCUT2D eigenvalue weighted by Gasteiger charge is 2.28. The molecule has 0 spiro atoms. The Bertz CT molecular complexity index is 1530. The van der Waals surface area contributed by atoms with E-state index in [9.17, 15) is 14.9 Å². The Kier molecular flexibility index (Phi) is 6.35. The molecule has 0 saturated heterocycles. The van der Waals surface area contributed by atoms with Gasteiger partial charge in [0.2, 0.25) is 10.1 Å². The van der Waals surface area contributed by atoms with Gasteiger partial charge < -0.3 is 4.74 Å². The number of carbonyl (C=O) groups excluding carboxylic acids is 1. The van der Waals surface area contributed by atoms with Crippen molar-refractivity contribution in [2.24, 2.45) is 0 Å². The Hall–Kier alpha value is -3.95. The molecule has 1 aliphatic carbocycles. The standard InChI is InChI=1S/C23H19N7O3S2/c1-2-18-29-30-19(31)10-16(25-23(30)34-18)12-33-17-7-3-13(4-8-17)9-15(11-24)20(32)26-22-28-27-21(35-22)14-5-6-14/h3-4,7-10,14H,2,5-6,12H2,1H3,(H,26,28,32). The number of anilines is 1. The number of nitriles is 1. The Morgan fingerprint density at radius 3 is 2.80 bits per heavy atom. The minimum absolute atomic E-state index is 0.0455. The predicted molar refractivity (Wildman–Crippen MR) is 131 cm³/mol. The van der Waals surface area contributed by atoms with E-state index in [4.69, 9.17) is 4.74 Å². The van der Waals surface area contributed by atoms with Crippen LogP contribution in [0.3, 0.4) is 0 Å². The molecule has 0 aliphatic heterocycles. The van der Waals surface area contributed by atoms with Crippen LogP contribution in [0, 0.1) is 11.3 Å². The molecule has 176 valence electrons. The SMILES string of the molecule is CCc1nn2c(=O)cc(COc3ccc(C=C(C#N)C(=O)Nc4nnc(C5CC5)s4)cc3)nc2s1. The van der Waals surface area contributed by atoms with Crippen molar-refractivity contribution in [3.8, 4) is 11.8 Å². The maximum atomic E-state index is 12.5. The highest BCUT2D eigenvalue weighted by Crippen LogP contribution is 2.42. The van der Waals surface area contributed by atoms with Crippen LogP contribution >= 0.6 is 22.7 Å². The second-order valence-corrected chi connectivity index (χ2v) is 9.88. The quantitative estimate of drug-likeness (QED) is 0.284. The minimum Gasteiger partial charge on any atom is -0.487 e. The number of nitrogens with zero attached hydrogens (tertiary/aromatic N) is 6. The van der Waals surface area contributed by atoms with Gasteiger partial charge in [0, 0.05) is 12.0 Å². The Morgan fingerprint density at radius 1 is 1.29 bits per heavy atom. The summed E-state index contributed by atoms with van der Waals surface area (Å²) in [6.07, 6.45) is 4.43. The van der Waals surface area contributed by atoms with Crippen molar-refractivity contribution in [2.45, 2.75) is 38.7 Å². The van der Waals surface area contributed by atoms with E-state index in [0.717, 1.165) is 29.3 Å². The molecule has 0 unspecified atom stereocenters. The monoisotopic (exact) mass is 505 g/mol. The lowest BCUT2D eigenvalue weighted by molar-refractivity contribution is -0.112. The number of carbonyl (C=O) groups is 1. The highest BCUT2D eigenvalue weighted by atomic mass is 32.1. The molecule has 1 N–H and O–H groups in total. The highest BCUT2D eigenvalue weighted by molar-refractivity contribution is 7.16. The molecule has 3 heterocycles. The van der Waals surface area contributed by atoms with Crippen LogP contribution in [0.5, 0.6) is 5.75 Å². The molecule has 4 aromatic rings. The zero-order valence-electron chi connectivity index (χ0n) is 18.6. The van der Waals surface area contributed by atoms with E-state index in [-0.39, 0.29) is 17.7 Å². The Balaban J connectivity index is 1.22. The molecule has 12 heteroatoms. The van der Waals surface area contributed by atoms with Crippen LogP contribution in [0.25, 0.3) is 11.0 Å². The zero-order valence-corrected chi connectivity index (χ0v) is 20.2. The summed E-state index contributed by atoms with van der Waals surface area (Å²) in [5.41, 5.74) is 0.880. The van der Waals surface area contributed by atoms with E-state index in [1.165, 1.54) is 39.3 Å². The van der Waals surface area contributed by atoms with E-state index in [1.807, 2.05) is 13.0 Å². The molecular weight excluding hydrogens is 486 g/mol. The number of ether oxygens (including phenoxy) is 1. The fraction of sp³-hybridized carbons (Fsp3) is 0.261. The summed E-state index contributed by atoms with van der Waals surface area (Å²) in [5.74, 6) is 0.479. The van der Waals surface area contributed by atoms with Crippen LogP contribution in [0.1, 0.15) is 47.0 Å². The van der Waals surface area contributed by atoms with Gasteiger partial charge in [-0.25, -0.2) is 4.98 Å². The third-order valence-electron chi connectivity index (χ3n) is 5.17. The van der Waals surface area contributed by atoms with E-state index in [0.29, 0.717) is 33.0 Å². The van der Waals surface area contributed by atoms with Gasteiger partial charge in [0.25, 0.3) is 11.5 Å². The maximum Gasteiger partial charge on any atom is 0.275 e. The van der Waals surface area contributed by atoms with Crippen molar-refractivity contribution in [1.82, 2.24) is 24.8 Å². The number of nitrogens with one attached hydrogen (secondary N) is 1. The van der Waals surface area contributed by atoms with E-state index in [1.54, 1.807) is 24.3 Å². The van der Waals surface area contributed by atoms with Crippen molar-refractivity contribution >= 4 is 44.7 Å². The third-order valence-corrected chi connectivity index (χ3v) is 7.23. The van der Waals surface area contributed by atoms with Gasteiger partial charge >= 0.3 is 0 Å². The number of aromatic nitrogens is 5. The topological polar surface area (TPSA) is 135 Å². The molecule has 5 rings (SSSR count). The first kappa shape index (κ1) is 22.8. The molecule has 1 saturated carbocycles. The van der Waals surface area contributed by atoms with Crippen LogP contribution in [0.15, 0.2) is 40.7 Å². The second-order valence-electron chi connectivity index (χ2n) is 7.83. The third kappa shape index (κ3) is 5.26. The van der Waals surface area contributed by atoms with Gasteiger partial charge in [0.1, 0.15) is 34.0 Å². The van der Waals surface area contributed by atoms with Crippen molar-refractivity contribution in [3.63, 3.8) is 0 Å². The first-order chi connectivity index (χ1) is 17.0. The molecule has 0 atom stereocenters. The Labute approximate surface area is 207 Å². The lowest BCUT2D eigenvalue weighted by Crippen LogP contribution is -2.16. The molecule has 1 amide bonds. The number of hydrogen-bond donors (Lipinski definition) is 1. The van der Waals surface area contributed by atoms with Gasteiger partial charge in [0.15, 0.2) is 0 Å². The minimum atomic E-state index is -0.534. The molecule has 1 aliphatic rings. The lowest BCUT2D eigenvalue weighted by atomic mass is 10.1. The largest absolute Gasteiger partial charge is 0.487 e. The van der Waals surface area contributed by atoms with Gasteiger partial charge in [0.05, 0.1) is 5.69 Å². The number of rotatable bonds is 8. The van der Waals surface area contributed by atoms with Crippen LogP contribution in [-0.2, 0) is 17.8 Å². The normalized spacial score (nSPS) is 13.5. The van der Waals surface area contributed by atoms with Crippen molar-refractivity contribution in [3.05, 3.63) is 67.5 Å².